The molecule has 136 valence electrons. The molecule has 26 heavy (non-hydrogen) atoms. The number of carbonyl (C=O) groups excluding carboxylic acids is 1. The van der Waals surface area contributed by atoms with E-state index in [1.165, 1.54) is 11.6 Å². The minimum atomic E-state index is 0.00188. The molecule has 0 aromatic heterocycles. The molecule has 0 N–H and O–H groups in total. The molecule has 3 rings (SSSR count). The van der Waals surface area contributed by atoms with E-state index in [-0.39, 0.29) is 11.9 Å². The third-order valence-corrected chi connectivity index (χ3v) is 5.27. The lowest BCUT2D eigenvalue weighted by Gasteiger charge is -2.38. The average Bonchev–Trinajstić information content (AvgIpc) is 2.69. The van der Waals surface area contributed by atoms with Gasteiger partial charge in [-0.1, -0.05) is 55.1 Å². The topological polar surface area (TPSA) is 23.6 Å². The number of para-hydroxylation sites is 1. The Morgan fingerprint density at radius 3 is 2.42 bits per heavy atom. The van der Waals surface area contributed by atoms with Gasteiger partial charge in [-0.2, -0.15) is 0 Å². The average molecular weight is 348 g/mol. The zero-order valence-electron chi connectivity index (χ0n) is 15.6. The Kier molecular flexibility index (Phi) is 6.24. The van der Waals surface area contributed by atoms with Gasteiger partial charge < -0.3 is 9.80 Å². The number of nitrogens with zero attached hydrogens (tertiary/aromatic N) is 2. The van der Waals surface area contributed by atoms with Crippen molar-refractivity contribution in [1.29, 1.82) is 0 Å². The lowest BCUT2D eigenvalue weighted by atomic mass is 10.00. The number of rotatable bonds is 6. The summed E-state index contributed by atoms with van der Waals surface area (Å²) in [5, 5.41) is 0. The van der Waals surface area contributed by atoms with Crippen molar-refractivity contribution in [2.24, 2.45) is 0 Å². The monoisotopic (exact) mass is 348 g/mol. The molecule has 0 atom stereocenters. The van der Waals surface area contributed by atoms with Crippen LogP contribution in [0.2, 0.25) is 0 Å². The van der Waals surface area contributed by atoms with Gasteiger partial charge in [-0.05, 0) is 49.5 Å². The number of hydrogen-bond donors (Lipinski definition) is 0. The van der Waals surface area contributed by atoms with E-state index >= 15 is 0 Å². The second-order valence-corrected chi connectivity index (χ2v) is 7.01. The maximum atomic E-state index is 12.6. The Morgan fingerprint density at radius 1 is 1.12 bits per heavy atom. The summed E-state index contributed by atoms with van der Waals surface area (Å²) in [6.07, 6.45) is 4.53. The van der Waals surface area contributed by atoms with E-state index in [1.807, 2.05) is 23.1 Å². The van der Waals surface area contributed by atoms with Crippen LogP contribution in [0.5, 0.6) is 0 Å². The maximum Gasteiger partial charge on any atom is 0.250 e. The van der Waals surface area contributed by atoms with Crippen LogP contribution in [0, 0.1) is 6.92 Å². The molecule has 1 fully saturated rings. The van der Waals surface area contributed by atoms with Crippen molar-refractivity contribution in [1.82, 2.24) is 4.90 Å². The maximum absolute atomic E-state index is 12.6. The van der Waals surface area contributed by atoms with Gasteiger partial charge in [-0.15, -0.1) is 0 Å². The number of aryl methyl sites for hydroxylation is 1. The number of benzene rings is 2. The summed E-state index contributed by atoms with van der Waals surface area (Å²) < 4.78 is 0. The van der Waals surface area contributed by atoms with E-state index in [9.17, 15) is 4.79 Å². The molecule has 0 unspecified atom stereocenters. The molecule has 2 aromatic carbocycles. The summed E-state index contributed by atoms with van der Waals surface area (Å²) in [7, 11) is 0. The molecule has 0 aliphatic carbocycles. The van der Waals surface area contributed by atoms with Crippen LogP contribution in [0.1, 0.15) is 24.0 Å². The van der Waals surface area contributed by atoms with Crippen LogP contribution in [0.3, 0.4) is 0 Å². The zero-order chi connectivity index (χ0) is 18.4. The van der Waals surface area contributed by atoms with Crippen LogP contribution in [0.25, 0.3) is 0 Å². The molecule has 1 heterocycles. The molecular formula is C23H28N2O. The zero-order valence-corrected chi connectivity index (χ0v) is 15.6. The first-order valence-electron chi connectivity index (χ1n) is 9.46. The van der Waals surface area contributed by atoms with E-state index in [2.05, 4.69) is 54.8 Å². The normalized spacial score (nSPS) is 15.6. The largest absolute Gasteiger partial charge is 0.305 e. The molecule has 3 nitrogen and oxygen atoms in total. The number of carbonyl (C=O) groups is 1. The summed E-state index contributed by atoms with van der Waals surface area (Å²) in [6.45, 7) is 8.92. The van der Waals surface area contributed by atoms with E-state index in [0.29, 0.717) is 0 Å². The number of piperidine rings is 1. The van der Waals surface area contributed by atoms with E-state index in [4.69, 9.17) is 0 Å². The molecule has 3 heteroatoms. The second kappa shape index (κ2) is 8.81. The highest BCUT2D eigenvalue weighted by Crippen LogP contribution is 2.27. The molecule has 1 aliphatic heterocycles. The molecule has 0 radical (unpaired) electrons. The SMILES string of the molecule is C=CC(=O)N(c1ccccc1C)C1CCN(CCc2ccccc2)CC1. The fraction of sp³-hybridized carbons (Fsp3) is 0.348. The number of anilines is 1. The smallest absolute Gasteiger partial charge is 0.250 e. The Bertz CT molecular complexity index is 733. The van der Waals surface area contributed by atoms with Gasteiger partial charge in [0.25, 0.3) is 5.91 Å². The van der Waals surface area contributed by atoms with Gasteiger partial charge in [-0.3, -0.25) is 4.79 Å². The quantitative estimate of drug-likeness (QED) is 0.730. The van der Waals surface area contributed by atoms with Crippen LogP contribution in [0.4, 0.5) is 5.69 Å². The fourth-order valence-corrected chi connectivity index (χ4v) is 3.76. The third kappa shape index (κ3) is 4.41. The molecular weight excluding hydrogens is 320 g/mol. The van der Waals surface area contributed by atoms with Gasteiger partial charge >= 0.3 is 0 Å². The van der Waals surface area contributed by atoms with Gasteiger partial charge in [0.1, 0.15) is 0 Å². The molecule has 1 amide bonds. The third-order valence-electron chi connectivity index (χ3n) is 5.27. The van der Waals surface area contributed by atoms with Crippen molar-refractivity contribution in [2.75, 3.05) is 24.5 Å². The van der Waals surface area contributed by atoms with Crippen molar-refractivity contribution in [3.63, 3.8) is 0 Å². The van der Waals surface area contributed by atoms with Crippen LogP contribution >= 0.6 is 0 Å². The van der Waals surface area contributed by atoms with Crippen molar-refractivity contribution >= 4 is 11.6 Å². The highest BCUT2D eigenvalue weighted by molar-refractivity contribution is 6.02. The minimum Gasteiger partial charge on any atom is -0.305 e. The Balaban J connectivity index is 1.62. The van der Waals surface area contributed by atoms with Crippen LogP contribution in [-0.4, -0.2) is 36.5 Å². The molecule has 1 saturated heterocycles. The summed E-state index contributed by atoms with van der Waals surface area (Å²) in [6, 6.07) is 19.0. The van der Waals surface area contributed by atoms with Gasteiger partial charge in [0.2, 0.25) is 0 Å². The van der Waals surface area contributed by atoms with Crippen molar-refractivity contribution in [2.45, 2.75) is 32.2 Å². The molecule has 0 saturated carbocycles. The highest BCUT2D eigenvalue weighted by Gasteiger charge is 2.28. The number of amides is 1. The summed E-state index contributed by atoms with van der Waals surface area (Å²) >= 11 is 0. The Morgan fingerprint density at radius 2 is 1.77 bits per heavy atom. The predicted molar refractivity (Wildman–Crippen MR) is 108 cm³/mol. The predicted octanol–water partition coefficient (Wildman–Crippen LogP) is 4.22. The van der Waals surface area contributed by atoms with E-state index < -0.39 is 0 Å². The van der Waals surface area contributed by atoms with Gasteiger partial charge in [-0.25, -0.2) is 0 Å². The first kappa shape index (κ1) is 18.4. The van der Waals surface area contributed by atoms with Crippen molar-refractivity contribution < 1.29 is 4.79 Å². The van der Waals surface area contributed by atoms with E-state index in [0.717, 1.165) is 50.1 Å². The fourth-order valence-electron chi connectivity index (χ4n) is 3.76. The second-order valence-electron chi connectivity index (χ2n) is 7.01. The minimum absolute atomic E-state index is 0.00188. The summed E-state index contributed by atoms with van der Waals surface area (Å²) in [5.74, 6) is 0.00188. The Labute approximate surface area is 156 Å². The van der Waals surface area contributed by atoms with Crippen molar-refractivity contribution in [3.05, 3.63) is 78.4 Å². The lowest BCUT2D eigenvalue weighted by molar-refractivity contribution is -0.114. The van der Waals surface area contributed by atoms with Crippen LogP contribution < -0.4 is 4.90 Å². The number of likely N-dealkylation sites (tertiary alicyclic amines) is 1. The lowest BCUT2D eigenvalue weighted by Crippen LogP contribution is -2.47. The molecule has 2 aromatic rings. The number of hydrogen-bond acceptors (Lipinski definition) is 2. The molecule has 0 spiro atoms. The Hall–Kier alpha value is -2.39. The van der Waals surface area contributed by atoms with Gasteiger partial charge in [0.05, 0.1) is 0 Å². The van der Waals surface area contributed by atoms with Crippen LogP contribution in [0.15, 0.2) is 67.3 Å². The van der Waals surface area contributed by atoms with Gasteiger partial charge in [0, 0.05) is 31.4 Å². The van der Waals surface area contributed by atoms with Crippen molar-refractivity contribution in [3.8, 4) is 0 Å². The first-order valence-corrected chi connectivity index (χ1v) is 9.46. The summed E-state index contributed by atoms with van der Waals surface area (Å²) in [5.41, 5.74) is 3.53. The first-order chi connectivity index (χ1) is 12.7. The molecule has 0 bridgehead atoms. The van der Waals surface area contributed by atoms with Gasteiger partial charge in [0.15, 0.2) is 0 Å². The standard InChI is InChI=1S/C23H28N2O/c1-3-23(26)25(22-12-8-7-9-19(22)2)21-14-17-24(18-15-21)16-13-20-10-5-4-6-11-20/h3-12,21H,1,13-18H2,2H3. The van der Waals surface area contributed by atoms with E-state index in [1.54, 1.807) is 0 Å². The summed E-state index contributed by atoms with van der Waals surface area (Å²) in [4.78, 5) is 17.0. The molecule has 1 aliphatic rings. The highest BCUT2D eigenvalue weighted by atomic mass is 16.2. The van der Waals surface area contributed by atoms with Crippen LogP contribution in [-0.2, 0) is 11.2 Å².